The first-order valence-electron chi connectivity index (χ1n) is 8.79. The molecule has 5 N–H and O–H groups in total. The zero-order chi connectivity index (χ0) is 20.3. The van der Waals surface area contributed by atoms with Gasteiger partial charge < -0.3 is 21.5 Å². The van der Waals surface area contributed by atoms with Crippen molar-refractivity contribution < 1.29 is 9.53 Å². The molecule has 3 aromatic rings. The number of nitrogens with zero attached hydrogens (tertiary/aromatic N) is 4. The summed E-state index contributed by atoms with van der Waals surface area (Å²) in [6, 6.07) is 7.55. The van der Waals surface area contributed by atoms with Gasteiger partial charge >= 0.3 is 5.97 Å². The van der Waals surface area contributed by atoms with Crippen LogP contribution in [0.2, 0.25) is 0 Å². The summed E-state index contributed by atoms with van der Waals surface area (Å²) in [7, 11) is 0. The molecule has 9 heteroatoms. The molecule has 0 bridgehead atoms. The third-order valence-electron chi connectivity index (χ3n) is 3.70. The number of nitrogens with one attached hydrogen (secondary N) is 1. The third-order valence-corrected chi connectivity index (χ3v) is 3.70. The summed E-state index contributed by atoms with van der Waals surface area (Å²) < 4.78 is 5.33. The maximum atomic E-state index is 11.9. The van der Waals surface area contributed by atoms with E-state index < -0.39 is 5.60 Å². The van der Waals surface area contributed by atoms with Crippen LogP contribution in [-0.2, 0) is 22.5 Å². The molecule has 0 fully saturated rings. The van der Waals surface area contributed by atoms with Gasteiger partial charge in [0.25, 0.3) is 0 Å². The van der Waals surface area contributed by atoms with E-state index in [0.717, 1.165) is 11.3 Å². The Morgan fingerprint density at radius 2 is 1.82 bits per heavy atom. The molecule has 28 heavy (non-hydrogen) atoms. The summed E-state index contributed by atoms with van der Waals surface area (Å²) in [4.78, 5) is 28.5. The fraction of sp³-hybridized carbons (Fsp3) is 0.316. The molecule has 146 valence electrons. The first kappa shape index (κ1) is 19.3. The summed E-state index contributed by atoms with van der Waals surface area (Å²) in [6.07, 6.45) is 1.84. The Bertz CT molecular complexity index is 998. The van der Waals surface area contributed by atoms with Crippen molar-refractivity contribution >= 4 is 34.6 Å². The monoisotopic (exact) mass is 381 g/mol. The smallest absolute Gasteiger partial charge is 0.310 e. The van der Waals surface area contributed by atoms with Crippen molar-refractivity contribution in [2.75, 3.05) is 16.8 Å². The van der Waals surface area contributed by atoms with Crippen molar-refractivity contribution in [1.29, 1.82) is 0 Å². The Morgan fingerprint density at radius 1 is 1.11 bits per heavy atom. The van der Waals surface area contributed by atoms with E-state index in [1.165, 1.54) is 0 Å². The van der Waals surface area contributed by atoms with Gasteiger partial charge in [0.2, 0.25) is 5.95 Å². The predicted octanol–water partition coefficient (Wildman–Crippen LogP) is 2.08. The van der Waals surface area contributed by atoms with Gasteiger partial charge in [-0.15, -0.1) is 0 Å². The number of hydrogen-bond donors (Lipinski definition) is 3. The Kier molecular flexibility index (Phi) is 5.25. The van der Waals surface area contributed by atoms with Crippen LogP contribution in [0, 0.1) is 0 Å². The van der Waals surface area contributed by atoms with Gasteiger partial charge in [0.05, 0.1) is 24.9 Å². The van der Waals surface area contributed by atoms with Crippen molar-refractivity contribution in [3.63, 3.8) is 0 Å². The van der Waals surface area contributed by atoms with Gasteiger partial charge in [-0.3, -0.25) is 4.79 Å². The number of fused-ring (bicyclic) bond motifs is 1. The van der Waals surface area contributed by atoms with E-state index in [4.69, 9.17) is 16.2 Å². The lowest BCUT2D eigenvalue weighted by Crippen LogP contribution is -2.24. The molecule has 0 aliphatic carbocycles. The van der Waals surface area contributed by atoms with E-state index >= 15 is 0 Å². The van der Waals surface area contributed by atoms with Gasteiger partial charge in [0, 0.05) is 5.69 Å². The first-order chi connectivity index (χ1) is 13.2. The lowest BCUT2D eigenvalue weighted by Gasteiger charge is -2.19. The Morgan fingerprint density at radius 3 is 2.50 bits per heavy atom. The molecule has 0 radical (unpaired) electrons. The van der Waals surface area contributed by atoms with E-state index in [1.54, 1.807) is 6.20 Å². The number of ether oxygens (including phenoxy) is 1. The first-order valence-corrected chi connectivity index (χ1v) is 8.79. The average molecular weight is 381 g/mol. The molecule has 0 saturated heterocycles. The molecule has 1 aromatic carbocycles. The second-order valence-corrected chi connectivity index (χ2v) is 7.31. The fourth-order valence-electron chi connectivity index (χ4n) is 2.55. The number of carbonyl (C=O) groups excluding carboxylic acids is 1. The molecule has 2 heterocycles. The summed E-state index contributed by atoms with van der Waals surface area (Å²) in [5.41, 5.74) is 14.1. The van der Waals surface area contributed by atoms with Gasteiger partial charge in [-0.1, -0.05) is 12.1 Å². The van der Waals surface area contributed by atoms with Crippen molar-refractivity contribution in [2.45, 2.75) is 39.3 Å². The number of nitrogens with two attached hydrogens (primary N) is 2. The summed E-state index contributed by atoms with van der Waals surface area (Å²) in [5, 5.41) is 3.25. The number of nitrogen functional groups attached to an aromatic ring is 2. The third kappa shape index (κ3) is 5.03. The normalized spacial score (nSPS) is 11.4. The van der Waals surface area contributed by atoms with E-state index in [9.17, 15) is 4.79 Å². The zero-order valence-corrected chi connectivity index (χ0v) is 16.1. The minimum atomic E-state index is -0.486. The molecule has 0 unspecified atom stereocenters. The van der Waals surface area contributed by atoms with Crippen LogP contribution in [0.4, 0.5) is 17.5 Å². The second-order valence-electron chi connectivity index (χ2n) is 7.31. The van der Waals surface area contributed by atoms with Crippen LogP contribution in [0.15, 0.2) is 30.5 Å². The van der Waals surface area contributed by atoms with E-state index in [0.29, 0.717) is 23.4 Å². The van der Waals surface area contributed by atoms with Crippen molar-refractivity contribution in [3.05, 3.63) is 41.7 Å². The van der Waals surface area contributed by atoms with Gasteiger partial charge in [-0.25, -0.2) is 9.97 Å². The lowest BCUT2D eigenvalue weighted by atomic mass is 10.1. The molecule has 0 aliphatic rings. The molecule has 9 nitrogen and oxygen atoms in total. The molecule has 2 aromatic heterocycles. The Balaban J connectivity index is 1.62. The number of carbonyl (C=O) groups is 1. The fourth-order valence-corrected chi connectivity index (χ4v) is 2.55. The summed E-state index contributed by atoms with van der Waals surface area (Å²) in [5.74, 6) is 0.0140. The maximum Gasteiger partial charge on any atom is 0.310 e. The molecular weight excluding hydrogens is 358 g/mol. The van der Waals surface area contributed by atoms with Gasteiger partial charge in [0.15, 0.2) is 17.0 Å². The SMILES string of the molecule is CC(C)(C)OC(=O)Cc1ccc(NCc2cnc3nc(N)nc(N)c3n2)cc1. The minimum Gasteiger partial charge on any atom is -0.460 e. The molecule has 0 spiro atoms. The van der Waals surface area contributed by atoms with Crippen molar-refractivity contribution in [3.8, 4) is 0 Å². The van der Waals surface area contributed by atoms with E-state index in [1.807, 2.05) is 45.0 Å². The number of benzene rings is 1. The topological polar surface area (TPSA) is 142 Å². The Labute approximate surface area is 162 Å². The lowest BCUT2D eigenvalue weighted by molar-refractivity contribution is -0.153. The van der Waals surface area contributed by atoms with Crippen LogP contribution in [-0.4, -0.2) is 31.5 Å². The van der Waals surface area contributed by atoms with Crippen LogP contribution < -0.4 is 16.8 Å². The van der Waals surface area contributed by atoms with Crippen molar-refractivity contribution in [1.82, 2.24) is 19.9 Å². The molecule has 0 saturated carbocycles. The molecule has 0 atom stereocenters. The average Bonchev–Trinajstić information content (AvgIpc) is 2.59. The Hall–Kier alpha value is -3.49. The van der Waals surface area contributed by atoms with Gasteiger partial charge in [-0.2, -0.15) is 9.97 Å². The highest BCUT2D eigenvalue weighted by Gasteiger charge is 2.16. The summed E-state index contributed by atoms with van der Waals surface area (Å²) in [6.45, 7) is 5.99. The zero-order valence-electron chi connectivity index (χ0n) is 16.1. The molecule has 3 rings (SSSR count). The molecule has 0 amide bonds. The standard InChI is InChI=1S/C19H23N7O2/c1-19(2,3)28-14(27)8-11-4-6-12(7-5-11)22-9-13-10-23-17-15(24-13)16(20)25-18(21)26-17/h4-7,10,22H,8-9H2,1-3H3,(H4,20,21,23,25,26). The number of rotatable bonds is 5. The number of esters is 1. The number of hydrogen-bond acceptors (Lipinski definition) is 9. The van der Waals surface area contributed by atoms with E-state index in [2.05, 4.69) is 25.3 Å². The maximum absolute atomic E-state index is 11.9. The minimum absolute atomic E-state index is 0.0663. The second kappa shape index (κ2) is 7.63. The highest BCUT2D eigenvalue weighted by Crippen LogP contribution is 2.16. The highest BCUT2D eigenvalue weighted by atomic mass is 16.6. The van der Waals surface area contributed by atoms with Crippen LogP contribution in [0.3, 0.4) is 0 Å². The van der Waals surface area contributed by atoms with Gasteiger partial charge in [-0.05, 0) is 38.5 Å². The summed E-state index contributed by atoms with van der Waals surface area (Å²) >= 11 is 0. The molecular formula is C19H23N7O2. The quantitative estimate of drug-likeness (QED) is 0.566. The highest BCUT2D eigenvalue weighted by molar-refractivity contribution is 5.81. The van der Waals surface area contributed by atoms with Crippen molar-refractivity contribution in [2.24, 2.45) is 0 Å². The number of aromatic nitrogens is 4. The van der Waals surface area contributed by atoms with Crippen LogP contribution in [0.1, 0.15) is 32.0 Å². The number of anilines is 3. The van der Waals surface area contributed by atoms with Gasteiger partial charge in [0.1, 0.15) is 5.60 Å². The van der Waals surface area contributed by atoms with Crippen LogP contribution in [0.5, 0.6) is 0 Å². The van der Waals surface area contributed by atoms with Crippen LogP contribution in [0.25, 0.3) is 11.2 Å². The largest absolute Gasteiger partial charge is 0.460 e. The van der Waals surface area contributed by atoms with Crippen LogP contribution >= 0.6 is 0 Å². The van der Waals surface area contributed by atoms with E-state index in [-0.39, 0.29) is 24.2 Å². The molecule has 0 aliphatic heterocycles. The predicted molar refractivity (Wildman–Crippen MR) is 107 cm³/mol.